The molecule has 2 heterocycles. The van der Waals surface area contributed by atoms with Crippen LogP contribution in [0, 0.1) is 0 Å². The lowest BCUT2D eigenvalue weighted by atomic mass is 10.2. The van der Waals surface area contributed by atoms with Crippen LogP contribution in [0.4, 0.5) is 0 Å². The molecule has 1 amide bonds. The average Bonchev–Trinajstić information content (AvgIpc) is 3.49. The highest BCUT2D eigenvalue weighted by atomic mass is 79.9. The number of benzene rings is 2. The van der Waals surface area contributed by atoms with E-state index in [9.17, 15) is 4.79 Å². The molecule has 33 heavy (non-hydrogen) atoms. The van der Waals surface area contributed by atoms with Crippen molar-refractivity contribution in [1.29, 1.82) is 0 Å². The van der Waals surface area contributed by atoms with Crippen molar-refractivity contribution in [3.8, 4) is 17.1 Å². The molecule has 0 spiro atoms. The van der Waals surface area contributed by atoms with E-state index in [0.717, 1.165) is 27.1 Å². The second-order valence-electron chi connectivity index (χ2n) is 6.97. The fourth-order valence-corrected chi connectivity index (χ4v) is 3.97. The van der Waals surface area contributed by atoms with Crippen LogP contribution < -0.4 is 5.43 Å². The highest BCUT2D eigenvalue weighted by Crippen LogP contribution is 2.28. The van der Waals surface area contributed by atoms with E-state index < -0.39 is 0 Å². The number of nitrogens with zero attached hydrogens (tertiary/aromatic N) is 4. The van der Waals surface area contributed by atoms with Gasteiger partial charge in [0.25, 0.3) is 5.91 Å². The number of hydrazone groups is 1. The molecule has 7 nitrogen and oxygen atoms in total. The number of nitrogens with one attached hydrogen (secondary N) is 1. The Morgan fingerprint density at radius 2 is 1.91 bits per heavy atom. The number of hydrogen-bond donors (Lipinski definition) is 1. The molecule has 2 aromatic carbocycles. The van der Waals surface area contributed by atoms with E-state index in [1.165, 1.54) is 11.8 Å². The Labute approximate surface area is 203 Å². The van der Waals surface area contributed by atoms with Crippen molar-refractivity contribution < 1.29 is 9.21 Å². The summed E-state index contributed by atoms with van der Waals surface area (Å²) in [4.78, 5) is 12.3. The van der Waals surface area contributed by atoms with Crippen LogP contribution in [-0.2, 0) is 4.79 Å². The number of halogens is 1. The molecule has 0 aliphatic heterocycles. The molecule has 0 bridgehead atoms. The third-order valence-electron chi connectivity index (χ3n) is 4.45. The first kappa shape index (κ1) is 22.8. The van der Waals surface area contributed by atoms with Gasteiger partial charge < -0.3 is 4.42 Å². The molecule has 0 saturated heterocycles. The molecule has 166 valence electrons. The number of carbonyl (C=O) groups excluding carboxylic acids is 1. The third kappa shape index (κ3) is 6.09. The first-order chi connectivity index (χ1) is 16.1. The van der Waals surface area contributed by atoms with Crippen molar-refractivity contribution in [3.63, 3.8) is 0 Å². The molecular formula is C24H20BrN5O2S. The Morgan fingerprint density at radius 3 is 2.64 bits per heavy atom. The van der Waals surface area contributed by atoms with Gasteiger partial charge in [-0.05, 0) is 55.0 Å². The SMILES string of the molecule is CC(/C=N/NC(=O)CSc1nnc(-c2ccccc2)n1-c1ccc(Br)cc1)=C\c1ccco1. The summed E-state index contributed by atoms with van der Waals surface area (Å²) in [5, 5.41) is 13.4. The molecule has 0 atom stereocenters. The second kappa shape index (κ2) is 10.9. The molecule has 0 fully saturated rings. The number of hydrogen-bond acceptors (Lipinski definition) is 6. The maximum absolute atomic E-state index is 12.3. The largest absolute Gasteiger partial charge is 0.465 e. The van der Waals surface area contributed by atoms with Crippen LogP contribution in [0.25, 0.3) is 23.2 Å². The standard InChI is InChI=1S/C24H20BrN5O2S/c1-17(14-21-8-5-13-32-21)15-26-27-22(31)16-33-24-29-28-23(18-6-3-2-4-7-18)30(24)20-11-9-19(25)10-12-20/h2-15H,16H2,1H3,(H,27,31)/b17-14+,26-15+. The van der Waals surface area contributed by atoms with Crippen LogP contribution >= 0.6 is 27.7 Å². The zero-order valence-corrected chi connectivity index (χ0v) is 20.1. The van der Waals surface area contributed by atoms with Gasteiger partial charge in [0.15, 0.2) is 11.0 Å². The number of carbonyl (C=O) groups is 1. The summed E-state index contributed by atoms with van der Waals surface area (Å²) >= 11 is 4.76. The van der Waals surface area contributed by atoms with E-state index in [2.05, 4.69) is 36.7 Å². The van der Waals surface area contributed by atoms with E-state index >= 15 is 0 Å². The molecule has 0 saturated carbocycles. The minimum atomic E-state index is -0.242. The molecule has 0 aliphatic carbocycles. The zero-order valence-electron chi connectivity index (χ0n) is 17.7. The van der Waals surface area contributed by atoms with Crippen LogP contribution in [0.15, 0.2) is 97.7 Å². The summed E-state index contributed by atoms with van der Waals surface area (Å²) in [6, 6.07) is 21.3. The Balaban J connectivity index is 1.46. The summed E-state index contributed by atoms with van der Waals surface area (Å²) in [5.74, 6) is 1.33. The van der Waals surface area contributed by atoms with Crippen molar-refractivity contribution in [2.45, 2.75) is 12.1 Å². The first-order valence-corrected chi connectivity index (χ1v) is 11.8. The smallest absolute Gasteiger partial charge is 0.250 e. The minimum Gasteiger partial charge on any atom is -0.465 e. The second-order valence-corrected chi connectivity index (χ2v) is 8.83. The summed E-state index contributed by atoms with van der Waals surface area (Å²) in [6.45, 7) is 1.87. The Morgan fingerprint density at radius 1 is 1.12 bits per heavy atom. The number of allylic oxidation sites excluding steroid dienone is 1. The monoisotopic (exact) mass is 521 g/mol. The Bertz CT molecular complexity index is 1270. The third-order valence-corrected chi connectivity index (χ3v) is 5.91. The van der Waals surface area contributed by atoms with Crippen LogP contribution in [0.2, 0.25) is 0 Å². The maximum atomic E-state index is 12.3. The van der Waals surface area contributed by atoms with Gasteiger partial charge in [-0.25, -0.2) is 5.43 Å². The van der Waals surface area contributed by atoms with Gasteiger partial charge in [-0.3, -0.25) is 9.36 Å². The fraction of sp³-hybridized carbons (Fsp3) is 0.0833. The Hall–Kier alpha value is -3.43. The maximum Gasteiger partial charge on any atom is 0.250 e. The quantitative estimate of drug-likeness (QED) is 0.185. The minimum absolute atomic E-state index is 0.141. The predicted molar refractivity (Wildman–Crippen MR) is 134 cm³/mol. The van der Waals surface area contributed by atoms with Crippen LogP contribution in [0.3, 0.4) is 0 Å². The predicted octanol–water partition coefficient (Wildman–Crippen LogP) is 5.59. The van der Waals surface area contributed by atoms with Crippen molar-refractivity contribution in [2.75, 3.05) is 5.75 Å². The lowest BCUT2D eigenvalue weighted by Gasteiger charge is -2.10. The molecule has 9 heteroatoms. The van der Waals surface area contributed by atoms with Gasteiger partial charge in [0.05, 0.1) is 18.2 Å². The molecule has 4 aromatic rings. The molecule has 0 aliphatic rings. The van der Waals surface area contributed by atoms with Gasteiger partial charge in [-0.2, -0.15) is 5.10 Å². The van der Waals surface area contributed by atoms with Gasteiger partial charge >= 0.3 is 0 Å². The van der Waals surface area contributed by atoms with Crippen molar-refractivity contribution >= 4 is 45.9 Å². The lowest BCUT2D eigenvalue weighted by molar-refractivity contribution is -0.118. The van der Waals surface area contributed by atoms with Gasteiger partial charge in [-0.15, -0.1) is 10.2 Å². The zero-order chi connectivity index (χ0) is 23.0. The molecule has 0 radical (unpaired) electrons. The highest BCUT2D eigenvalue weighted by molar-refractivity contribution is 9.10. The lowest BCUT2D eigenvalue weighted by Crippen LogP contribution is -2.20. The normalized spacial score (nSPS) is 11.8. The number of amides is 1. The molecule has 1 N–H and O–H groups in total. The van der Waals surface area contributed by atoms with Gasteiger partial charge in [0.2, 0.25) is 0 Å². The van der Waals surface area contributed by atoms with Crippen molar-refractivity contribution in [2.24, 2.45) is 5.10 Å². The topological polar surface area (TPSA) is 85.3 Å². The van der Waals surface area contributed by atoms with E-state index in [-0.39, 0.29) is 11.7 Å². The average molecular weight is 522 g/mol. The number of thioether (sulfide) groups is 1. The van der Waals surface area contributed by atoms with Crippen molar-refractivity contribution in [3.05, 3.63) is 88.8 Å². The van der Waals surface area contributed by atoms with Gasteiger partial charge in [0.1, 0.15) is 5.76 Å². The van der Waals surface area contributed by atoms with Crippen LogP contribution in [0.1, 0.15) is 12.7 Å². The van der Waals surface area contributed by atoms with E-state index in [0.29, 0.717) is 11.0 Å². The van der Waals surface area contributed by atoms with Crippen molar-refractivity contribution in [1.82, 2.24) is 20.2 Å². The van der Waals surface area contributed by atoms with E-state index in [1.807, 2.05) is 84.3 Å². The van der Waals surface area contributed by atoms with E-state index in [1.54, 1.807) is 12.5 Å². The summed E-state index contributed by atoms with van der Waals surface area (Å²) < 4.78 is 8.18. The molecule has 2 aromatic heterocycles. The van der Waals surface area contributed by atoms with Crippen LogP contribution in [0.5, 0.6) is 0 Å². The Kier molecular flexibility index (Phi) is 7.54. The van der Waals surface area contributed by atoms with Gasteiger partial charge in [0, 0.05) is 15.7 Å². The van der Waals surface area contributed by atoms with Crippen LogP contribution in [-0.4, -0.2) is 32.6 Å². The van der Waals surface area contributed by atoms with Gasteiger partial charge in [-0.1, -0.05) is 58.0 Å². The molecule has 4 rings (SSSR count). The summed E-state index contributed by atoms with van der Waals surface area (Å²) in [7, 11) is 0. The van der Waals surface area contributed by atoms with E-state index in [4.69, 9.17) is 4.42 Å². The highest BCUT2D eigenvalue weighted by Gasteiger charge is 2.17. The number of rotatable bonds is 8. The summed E-state index contributed by atoms with van der Waals surface area (Å²) in [6.07, 6.45) is 5.00. The fourth-order valence-electron chi connectivity index (χ4n) is 2.96. The number of aromatic nitrogens is 3. The number of furan rings is 1. The summed E-state index contributed by atoms with van der Waals surface area (Å²) in [5.41, 5.74) is 5.23. The molecular weight excluding hydrogens is 502 g/mol. The molecule has 0 unspecified atom stereocenters. The first-order valence-electron chi connectivity index (χ1n) is 10.0.